The van der Waals surface area contributed by atoms with Gasteiger partial charge in [-0.3, -0.25) is 9.59 Å². The van der Waals surface area contributed by atoms with Gasteiger partial charge in [-0.1, -0.05) is 37.3 Å². The molecule has 3 rings (SSSR count). The smallest absolute Gasteiger partial charge is 0.255 e. The summed E-state index contributed by atoms with van der Waals surface area (Å²) in [5, 5.41) is 5.51. The molecule has 142 valence electrons. The van der Waals surface area contributed by atoms with Gasteiger partial charge in [-0.05, 0) is 54.4 Å². The van der Waals surface area contributed by atoms with Gasteiger partial charge >= 0.3 is 0 Å². The molecule has 0 saturated carbocycles. The van der Waals surface area contributed by atoms with Crippen molar-refractivity contribution in [3.05, 3.63) is 101 Å². The van der Waals surface area contributed by atoms with Crippen molar-refractivity contribution >= 4 is 17.5 Å². The van der Waals surface area contributed by atoms with Crippen LogP contribution in [0.4, 0.5) is 10.1 Å². The van der Waals surface area contributed by atoms with Crippen LogP contribution in [-0.2, 0) is 13.0 Å². The van der Waals surface area contributed by atoms with E-state index >= 15 is 0 Å². The van der Waals surface area contributed by atoms with Crippen molar-refractivity contribution in [3.8, 4) is 0 Å². The molecule has 4 nitrogen and oxygen atoms in total. The molecule has 0 aliphatic carbocycles. The molecule has 2 amide bonds. The number of hydrogen-bond donors (Lipinski definition) is 2. The third-order valence-corrected chi connectivity index (χ3v) is 4.43. The number of carbonyl (C=O) groups is 2. The van der Waals surface area contributed by atoms with Crippen molar-refractivity contribution in [1.82, 2.24) is 5.32 Å². The molecule has 0 spiro atoms. The predicted molar refractivity (Wildman–Crippen MR) is 108 cm³/mol. The van der Waals surface area contributed by atoms with Gasteiger partial charge in [0.05, 0.1) is 0 Å². The number of amides is 2. The second kappa shape index (κ2) is 8.95. The van der Waals surface area contributed by atoms with Crippen molar-refractivity contribution in [2.24, 2.45) is 0 Å². The number of halogens is 1. The van der Waals surface area contributed by atoms with Crippen LogP contribution in [0.3, 0.4) is 0 Å². The lowest BCUT2D eigenvalue weighted by molar-refractivity contribution is 0.0948. The highest BCUT2D eigenvalue weighted by atomic mass is 19.1. The Hall–Kier alpha value is -3.47. The Labute approximate surface area is 163 Å². The zero-order valence-electron chi connectivity index (χ0n) is 15.5. The molecule has 0 heterocycles. The van der Waals surface area contributed by atoms with Crippen molar-refractivity contribution in [1.29, 1.82) is 0 Å². The number of rotatable bonds is 6. The molecule has 0 saturated heterocycles. The maximum Gasteiger partial charge on any atom is 0.255 e. The monoisotopic (exact) mass is 376 g/mol. The summed E-state index contributed by atoms with van der Waals surface area (Å²) >= 11 is 0. The highest BCUT2D eigenvalue weighted by Gasteiger charge is 2.10. The Morgan fingerprint density at radius 3 is 2.04 bits per heavy atom. The van der Waals surface area contributed by atoms with Crippen LogP contribution in [0, 0.1) is 5.82 Å². The molecular weight excluding hydrogens is 355 g/mol. The Bertz CT molecular complexity index is 967. The maximum atomic E-state index is 13.6. The second-order valence-electron chi connectivity index (χ2n) is 6.36. The number of nitrogens with one attached hydrogen (secondary N) is 2. The fraction of sp³-hybridized carbons (Fsp3) is 0.130. The van der Waals surface area contributed by atoms with Gasteiger partial charge in [-0.2, -0.15) is 0 Å². The summed E-state index contributed by atoms with van der Waals surface area (Å²) in [6, 6.07) is 20.3. The number of anilines is 1. The van der Waals surface area contributed by atoms with Crippen LogP contribution in [0.5, 0.6) is 0 Å². The first-order valence-corrected chi connectivity index (χ1v) is 9.09. The van der Waals surface area contributed by atoms with E-state index in [-0.39, 0.29) is 24.2 Å². The van der Waals surface area contributed by atoms with Gasteiger partial charge in [-0.25, -0.2) is 4.39 Å². The first-order valence-electron chi connectivity index (χ1n) is 9.09. The minimum Gasteiger partial charge on any atom is -0.348 e. The lowest BCUT2D eigenvalue weighted by Gasteiger charge is -2.08. The van der Waals surface area contributed by atoms with Crippen molar-refractivity contribution in [2.45, 2.75) is 19.9 Å². The van der Waals surface area contributed by atoms with Crippen LogP contribution in [-0.4, -0.2) is 11.8 Å². The summed E-state index contributed by atoms with van der Waals surface area (Å²) in [4.78, 5) is 24.6. The maximum absolute atomic E-state index is 13.6. The first-order chi connectivity index (χ1) is 13.6. The van der Waals surface area contributed by atoms with E-state index in [2.05, 4.69) is 17.6 Å². The van der Waals surface area contributed by atoms with E-state index in [9.17, 15) is 14.0 Å². The molecule has 0 atom stereocenters. The fourth-order valence-corrected chi connectivity index (χ4v) is 2.72. The van der Waals surface area contributed by atoms with E-state index in [4.69, 9.17) is 0 Å². The highest BCUT2D eigenvalue weighted by molar-refractivity contribution is 6.05. The van der Waals surface area contributed by atoms with Gasteiger partial charge in [0.15, 0.2) is 0 Å². The number of aryl methyl sites for hydroxylation is 1. The van der Waals surface area contributed by atoms with Crippen LogP contribution in [0.1, 0.15) is 38.8 Å². The standard InChI is InChI=1S/C23H21FN2O2/c1-2-16-7-13-20(14-8-16)26-23(28)18-11-9-17(10-12-18)22(27)25-15-19-5-3-4-6-21(19)24/h3-14H,2,15H2,1H3,(H,25,27)(H,26,28). The molecule has 0 radical (unpaired) electrons. The van der Waals surface area contributed by atoms with Crippen LogP contribution in [0.2, 0.25) is 0 Å². The molecular formula is C23H21FN2O2. The van der Waals surface area contributed by atoms with Crippen molar-refractivity contribution in [3.63, 3.8) is 0 Å². The molecule has 28 heavy (non-hydrogen) atoms. The van der Waals surface area contributed by atoms with Gasteiger partial charge in [0, 0.05) is 28.9 Å². The third kappa shape index (κ3) is 4.82. The van der Waals surface area contributed by atoms with E-state index in [1.807, 2.05) is 24.3 Å². The van der Waals surface area contributed by atoms with E-state index in [1.165, 1.54) is 11.6 Å². The molecule has 0 bridgehead atoms. The molecule has 0 aromatic heterocycles. The van der Waals surface area contributed by atoms with Gasteiger partial charge < -0.3 is 10.6 Å². The molecule has 0 unspecified atom stereocenters. The summed E-state index contributed by atoms with van der Waals surface area (Å²) in [5.74, 6) is -0.935. The van der Waals surface area contributed by atoms with E-state index < -0.39 is 0 Å². The molecule has 0 fully saturated rings. The summed E-state index contributed by atoms with van der Waals surface area (Å²) in [6.07, 6.45) is 0.939. The molecule has 5 heteroatoms. The van der Waals surface area contributed by atoms with E-state index in [0.717, 1.165) is 6.42 Å². The number of hydrogen-bond acceptors (Lipinski definition) is 2. The topological polar surface area (TPSA) is 58.2 Å². The normalized spacial score (nSPS) is 10.4. The summed E-state index contributed by atoms with van der Waals surface area (Å²) < 4.78 is 13.6. The Morgan fingerprint density at radius 1 is 0.821 bits per heavy atom. The summed E-state index contributed by atoms with van der Waals surface area (Å²) in [7, 11) is 0. The van der Waals surface area contributed by atoms with E-state index in [1.54, 1.807) is 42.5 Å². The van der Waals surface area contributed by atoms with E-state index in [0.29, 0.717) is 22.4 Å². The van der Waals surface area contributed by atoms with Crippen LogP contribution < -0.4 is 10.6 Å². The minimum atomic E-state index is -0.359. The average molecular weight is 376 g/mol. The number of carbonyl (C=O) groups excluding carboxylic acids is 2. The Kier molecular flexibility index (Phi) is 6.17. The first kappa shape index (κ1) is 19.3. The van der Waals surface area contributed by atoms with Crippen LogP contribution >= 0.6 is 0 Å². The zero-order valence-corrected chi connectivity index (χ0v) is 15.5. The fourth-order valence-electron chi connectivity index (χ4n) is 2.72. The lowest BCUT2D eigenvalue weighted by atomic mass is 10.1. The highest BCUT2D eigenvalue weighted by Crippen LogP contribution is 2.13. The summed E-state index contributed by atoms with van der Waals surface area (Å²) in [5.41, 5.74) is 3.18. The van der Waals surface area contributed by atoms with Crippen molar-refractivity contribution < 1.29 is 14.0 Å². The molecule has 0 aliphatic rings. The van der Waals surface area contributed by atoms with Crippen molar-refractivity contribution in [2.75, 3.05) is 5.32 Å². The molecule has 3 aromatic carbocycles. The quantitative estimate of drug-likeness (QED) is 0.662. The SMILES string of the molecule is CCc1ccc(NC(=O)c2ccc(C(=O)NCc3ccccc3F)cc2)cc1. The number of benzene rings is 3. The minimum absolute atomic E-state index is 0.0987. The van der Waals surface area contributed by atoms with Crippen LogP contribution in [0.25, 0.3) is 0 Å². The Morgan fingerprint density at radius 2 is 1.43 bits per heavy atom. The zero-order chi connectivity index (χ0) is 19.9. The third-order valence-electron chi connectivity index (χ3n) is 4.43. The average Bonchev–Trinajstić information content (AvgIpc) is 2.73. The molecule has 0 aliphatic heterocycles. The van der Waals surface area contributed by atoms with Gasteiger partial charge in [0.2, 0.25) is 0 Å². The van der Waals surface area contributed by atoms with Gasteiger partial charge in [-0.15, -0.1) is 0 Å². The van der Waals surface area contributed by atoms with Gasteiger partial charge in [0.1, 0.15) is 5.82 Å². The predicted octanol–water partition coefficient (Wildman–Crippen LogP) is 4.57. The molecule has 2 N–H and O–H groups in total. The summed E-state index contributed by atoms with van der Waals surface area (Å²) in [6.45, 7) is 2.17. The Balaban J connectivity index is 1.59. The molecule has 3 aromatic rings. The van der Waals surface area contributed by atoms with Crippen LogP contribution in [0.15, 0.2) is 72.8 Å². The largest absolute Gasteiger partial charge is 0.348 e. The lowest BCUT2D eigenvalue weighted by Crippen LogP contribution is -2.23. The van der Waals surface area contributed by atoms with Gasteiger partial charge in [0.25, 0.3) is 11.8 Å². The second-order valence-corrected chi connectivity index (χ2v) is 6.36.